The molecule has 96 valence electrons. The van der Waals surface area contributed by atoms with E-state index in [2.05, 4.69) is 43.4 Å². The molecule has 0 aliphatic carbocycles. The van der Waals surface area contributed by atoms with Crippen LogP contribution in [0.4, 0.5) is 0 Å². The minimum atomic E-state index is -0.680. The van der Waals surface area contributed by atoms with Gasteiger partial charge in [0.1, 0.15) is 0 Å². The summed E-state index contributed by atoms with van der Waals surface area (Å²) >= 11 is 0. The first-order chi connectivity index (χ1) is 8.13. The molecule has 0 saturated carbocycles. The van der Waals surface area contributed by atoms with Gasteiger partial charge in [0.2, 0.25) is 0 Å². The molecule has 0 aliphatic rings. The molecule has 0 spiro atoms. The molecular weight excluding hydrogens is 230 g/mol. The van der Waals surface area contributed by atoms with Crippen LogP contribution >= 0.6 is 0 Å². The van der Waals surface area contributed by atoms with E-state index in [9.17, 15) is 4.21 Å². The van der Waals surface area contributed by atoms with E-state index in [0.29, 0.717) is 6.04 Å². The third kappa shape index (κ3) is 5.46. The third-order valence-corrected chi connectivity index (χ3v) is 3.79. The fraction of sp³-hybridized carbons (Fsp3) is 0.571. The van der Waals surface area contributed by atoms with Gasteiger partial charge in [-0.2, -0.15) is 0 Å². The van der Waals surface area contributed by atoms with Crippen LogP contribution < -0.4 is 5.32 Å². The Labute approximate surface area is 107 Å². The van der Waals surface area contributed by atoms with Crippen LogP contribution in [-0.2, 0) is 23.8 Å². The molecule has 2 unspecified atom stereocenters. The lowest BCUT2D eigenvalue weighted by Gasteiger charge is -2.14. The smallest absolute Gasteiger partial charge is 0.0246 e. The van der Waals surface area contributed by atoms with Gasteiger partial charge in [-0.15, -0.1) is 0 Å². The monoisotopic (exact) mass is 253 g/mol. The first-order valence-corrected chi connectivity index (χ1v) is 7.96. The molecule has 1 aromatic carbocycles. The van der Waals surface area contributed by atoms with Crippen molar-refractivity contribution in [2.75, 3.05) is 12.0 Å². The molecule has 0 saturated heterocycles. The van der Waals surface area contributed by atoms with Crippen LogP contribution in [0, 0.1) is 0 Å². The van der Waals surface area contributed by atoms with Crippen molar-refractivity contribution in [2.24, 2.45) is 0 Å². The van der Waals surface area contributed by atoms with Crippen LogP contribution in [0.3, 0.4) is 0 Å². The Morgan fingerprint density at radius 1 is 1.29 bits per heavy atom. The molecule has 0 aliphatic heterocycles. The van der Waals surface area contributed by atoms with Crippen molar-refractivity contribution in [1.82, 2.24) is 5.32 Å². The number of benzene rings is 1. The van der Waals surface area contributed by atoms with E-state index < -0.39 is 10.8 Å². The van der Waals surface area contributed by atoms with Crippen molar-refractivity contribution < 1.29 is 4.21 Å². The van der Waals surface area contributed by atoms with Crippen molar-refractivity contribution in [3.05, 3.63) is 35.4 Å². The average molecular weight is 253 g/mol. The van der Waals surface area contributed by atoms with E-state index >= 15 is 0 Å². The Hall–Kier alpha value is -0.670. The number of nitrogens with one attached hydrogen (secondary N) is 1. The Bertz CT molecular complexity index is 365. The van der Waals surface area contributed by atoms with Gasteiger partial charge in [-0.05, 0) is 30.9 Å². The van der Waals surface area contributed by atoms with Gasteiger partial charge in [0.15, 0.2) is 0 Å². The van der Waals surface area contributed by atoms with E-state index in [0.717, 1.165) is 25.1 Å². The number of hydrogen-bond acceptors (Lipinski definition) is 2. The summed E-state index contributed by atoms with van der Waals surface area (Å²) in [7, 11) is -0.680. The third-order valence-electron chi connectivity index (χ3n) is 2.98. The van der Waals surface area contributed by atoms with Crippen molar-refractivity contribution in [2.45, 2.75) is 39.3 Å². The molecule has 0 aromatic heterocycles. The lowest BCUT2D eigenvalue weighted by molar-refractivity contribution is 0.533. The summed E-state index contributed by atoms with van der Waals surface area (Å²) in [6.45, 7) is 5.24. The molecule has 1 N–H and O–H groups in total. The van der Waals surface area contributed by atoms with Gasteiger partial charge >= 0.3 is 0 Å². The maximum atomic E-state index is 11.0. The summed E-state index contributed by atoms with van der Waals surface area (Å²) in [6.07, 6.45) is 3.81. The topological polar surface area (TPSA) is 29.1 Å². The second-order valence-corrected chi connectivity index (χ2v) is 6.02. The normalized spacial score (nSPS) is 14.5. The van der Waals surface area contributed by atoms with Gasteiger partial charge in [-0.3, -0.25) is 4.21 Å². The lowest BCUT2D eigenvalue weighted by atomic mass is 10.1. The van der Waals surface area contributed by atoms with Crippen LogP contribution in [0.1, 0.15) is 31.4 Å². The maximum absolute atomic E-state index is 11.0. The molecule has 1 rings (SSSR count). The van der Waals surface area contributed by atoms with E-state index in [4.69, 9.17) is 0 Å². The first kappa shape index (κ1) is 14.4. The highest BCUT2D eigenvalue weighted by molar-refractivity contribution is 7.84. The van der Waals surface area contributed by atoms with E-state index in [1.54, 1.807) is 6.26 Å². The van der Waals surface area contributed by atoms with E-state index in [-0.39, 0.29) is 0 Å². The van der Waals surface area contributed by atoms with Crippen molar-refractivity contribution in [3.63, 3.8) is 0 Å². The fourth-order valence-electron chi connectivity index (χ4n) is 1.80. The molecule has 17 heavy (non-hydrogen) atoms. The van der Waals surface area contributed by atoms with Crippen molar-refractivity contribution in [1.29, 1.82) is 0 Å². The summed E-state index contributed by atoms with van der Waals surface area (Å²) in [5.41, 5.74) is 2.78. The van der Waals surface area contributed by atoms with Gasteiger partial charge < -0.3 is 5.32 Å². The molecular formula is C14H23NOS. The van der Waals surface area contributed by atoms with Gasteiger partial charge in [0.25, 0.3) is 0 Å². The van der Waals surface area contributed by atoms with Gasteiger partial charge in [0, 0.05) is 35.4 Å². The molecule has 0 amide bonds. The first-order valence-electron chi connectivity index (χ1n) is 6.23. The van der Waals surface area contributed by atoms with Crippen LogP contribution in [0.2, 0.25) is 0 Å². The summed E-state index contributed by atoms with van der Waals surface area (Å²) in [6, 6.07) is 8.96. The number of aryl methyl sites for hydroxylation is 1. The number of hydrogen-bond donors (Lipinski definition) is 1. The Morgan fingerprint density at radius 2 is 1.94 bits per heavy atom. The summed E-state index contributed by atoms with van der Waals surface area (Å²) < 4.78 is 11.0. The zero-order valence-electron chi connectivity index (χ0n) is 11.0. The molecule has 0 radical (unpaired) electrons. The second-order valence-electron chi connectivity index (χ2n) is 4.47. The van der Waals surface area contributed by atoms with Crippen LogP contribution in [0.5, 0.6) is 0 Å². The fourth-order valence-corrected chi connectivity index (χ4v) is 2.49. The molecule has 1 aromatic rings. The van der Waals surface area contributed by atoms with Crippen molar-refractivity contribution in [3.8, 4) is 0 Å². The highest BCUT2D eigenvalue weighted by atomic mass is 32.2. The lowest BCUT2D eigenvalue weighted by Crippen LogP contribution is -2.27. The van der Waals surface area contributed by atoms with Gasteiger partial charge in [0.05, 0.1) is 0 Å². The van der Waals surface area contributed by atoms with Crippen molar-refractivity contribution >= 4 is 10.8 Å². The molecule has 0 fully saturated rings. The Balaban J connectivity index is 2.41. The van der Waals surface area contributed by atoms with Crippen LogP contribution in [-0.4, -0.2) is 22.3 Å². The highest BCUT2D eigenvalue weighted by Gasteiger charge is 2.04. The van der Waals surface area contributed by atoms with Gasteiger partial charge in [-0.25, -0.2) is 0 Å². The minimum Gasteiger partial charge on any atom is -0.310 e. The summed E-state index contributed by atoms with van der Waals surface area (Å²) in [5.74, 6) is 0.781. The molecule has 0 heterocycles. The van der Waals surface area contributed by atoms with E-state index in [1.165, 1.54) is 11.1 Å². The van der Waals surface area contributed by atoms with Crippen LogP contribution in [0.15, 0.2) is 24.3 Å². The minimum absolute atomic E-state index is 0.420. The zero-order valence-corrected chi connectivity index (χ0v) is 11.8. The molecule has 3 heteroatoms. The average Bonchev–Trinajstić information content (AvgIpc) is 2.34. The molecule has 2 atom stereocenters. The Morgan fingerprint density at radius 3 is 2.53 bits per heavy atom. The van der Waals surface area contributed by atoms with Gasteiger partial charge in [-0.1, -0.05) is 31.2 Å². The Kier molecular flexibility index (Phi) is 6.45. The van der Waals surface area contributed by atoms with E-state index in [1.807, 2.05) is 0 Å². The summed E-state index contributed by atoms with van der Waals surface area (Å²) in [4.78, 5) is 0. The predicted octanol–water partition coefficient (Wildman–Crippen LogP) is 2.50. The van der Waals surface area contributed by atoms with Crippen LogP contribution in [0.25, 0.3) is 0 Å². The molecule has 2 nitrogen and oxygen atoms in total. The highest BCUT2D eigenvalue weighted by Crippen LogP contribution is 2.09. The maximum Gasteiger partial charge on any atom is 0.0246 e. The summed E-state index contributed by atoms with van der Waals surface area (Å²) in [5, 5.41) is 3.49. The predicted molar refractivity (Wildman–Crippen MR) is 75.7 cm³/mol. The quantitative estimate of drug-likeness (QED) is 0.809. The largest absolute Gasteiger partial charge is 0.310 e. The zero-order chi connectivity index (χ0) is 12.7. The number of rotatable bonds is 7. The standard InChI is InChI=1S/C14H23NOS/c1-4-13-7-5-6-8-14(13)11-15-12(2)9-10-17(3)16/h5-8,12,15H,4,9-11H2,1-3H3. The second kappa shape index (κ2) is 7.62. The SMILES string of the molecule is CCc1ccccc1CNC(C)CCS(C)=O. The molecule has 0 bridgehead atoms.